The number of rotatable bonds is 7. The van der Waals surface area contributed by atoms with Crippen molar-refractivity contribution in [2.45, 2.75) is 26.5 Å². The first-order chi connectivity index (χ1) is 11.1. The fourth-order valence-corrected chi connectivity index (χ4v) is 2.18. The first-order valence-electron chi connectivity index (χ1n) is 7.50. The molecule has 122 valence electrons. The molecule has 5 heteroatoms. The van der Waals surface area contributed by atoms with Gasteiger partial charge < -0.3 is 14.8 Å². The van der Waals surface area contributed by atoms with E-state index in [9.17, 15) is 4.79 Å². The normalized spacial score (nSPS) is 11.6. The van der Waals surface area contributed by atoms with Crippen LogP contribution in [0.4, 0.5) is 0 Å². The highest BCUT2D eigenvalue weighted by Crippen LogP contribution is 2.18. The molecule has 1 atom stereocenters. The lowest BCUT2D eigenvalue weighted by Crippen LogP contribution is -2.35. The second kappa shape index (κ2) is 8.44. The molecule has 1 N–H and O–H groups in total. The van der Waals surface area contributed by atoms with Crippen molar-refractivity contribution in [3.8, 4) is 11.5 Å². The molecule has 0 saturated carbocycles. The summed E-state index contributed by atoms with van der Waals surface area (Å²) in [5, 5.41) is 3.42. The lowest BCUT2D eigenvalue weighted by Gasteiger charge is -2.15. The molecule has 0 spiro atoms. The van der Waals surface area contributed by atoms with Crippen LogP contribution in [0.25, 0.3) is 0 Å². The van der Waals surface area contributed by atoms with E-state index < -0.39 is 6.10 Å². The third kappa shape index (κ3) is 5.49. The van der Waals surface area contributed by atoms with Gasteiger partial charge in [-0.15, -0.1) is 0 Å². The van der Waals surface area contributed by atoms with Crippen molar-refractivity contribution in [2.75, 3.05) is 6.61 Å². The van der Waals surface area contributed by atoms with Gasteiger partial charge in [0.15, 0.2) is 6.10 Å². The highest BCUT2D eigenvalue weighted by Gasteiger charge is 2.14. The second-order valence-electron chi connectivity index (χ2n) is 5.01. The average Bonchev–Trinajstić information content (AvgIpc) is 2.54. The lowest BCUT2D eigenvalue weighted by molar-refractivity contribution is -0.127. The zero-order valence-corrected chi connectivity index (χ0v) is 14.0. The van der Waals surface area contributed by atoms with Crippen LogP contribution in [-0.2, 0) is 11.3 Å². The Kier molecular flexibility index (Phi) is 6.29. The molecular formula is C18H20ClNO3. The fraction of sp³-hybridized carbons (Fsp3) is 0.278. The molecule has 4 nitrogen and oxygen atoms in total. The summed E-state index contributed by atoms with van der Waals surface area (Å²) in [5.41, 5.74) is 0.997. The number of halogens is 1. The zero-order valence-electron chi connectivity index (χ0n) is 13.2. The van der Waals surface area contributed by atoms with Crippen LogP contribution in [0.5, 0.6) is 11.5 Å². The van der Waals surface area contributed by atoms with Crippen molar-refractivity contribution in [2.24, 2.45) is 0 Å². The molecule has 2 aromatic rings. The van der Waals surface area contributed by atoms with Crippen LogP contribution in [0.15, 0.2) is 48.5 Å². The molecule has 2 aromatic carbocycles. The topological polar surface area (TPSA) is 47.6 Å². The average molecular weight is 334 g/mol. The van der Waals surface area contributed by atoms with E-state index in [-0.39, 0.29) is 5.91 Å². The molecule has 2 rings (SSSR count). The van der Waals surface area contributed by atoms with Gasteiger partial charge in [0.05, 0.1) is 6.61 Å². The summed E-state index contributed by atoms with van der Waals surface area (Å²) < 4.78 is 11.0. The van der Waals surface area contributed by atoms with Gasteiger partial charge in [-0.2, -0.15) is 0 Å². The van der Waals surface area contributed by atoms with E-state index in [1.54, 1.807) is 31.2 Å². The minimum Gasteiger partial charge on any atom is -0.494 e. The van der Waals surface area contributed by atoms with Crippen LogP contribution in [-0.4, -0.2) is 18.6 Å². The van der Waals surface area contributed by atoms with Crippen LogP contribution in [0.1, 0.15) is 19.4 Å². The fourth-order valence-electron chi connectivity index (χ4n) is 2.00. The SMILES string of the molecule is CCOc1ccc(CNC(=O)C(C)Oc2cccc(Cl)c2)cc1. The molecule has 0 aromatic heterocycles. The Hall–Kier alpha value is -2.20. The van der Waals surface area contributed by atoms with Crippen molar-refractivity contribution in [3.05, 3.63) is 59.1 Å². The van der Waals surface area contributed by atoms with Crippen molar-refractivity contribution in [3.63, 3.8) is 0 Å². The summed E-state index contributed by atoms with van der Waals surface area (Å²) in [5.74, 6) is 1.21. The monoisotopic (exact) mass is 333 g/mol. The Bertz CT molecular complexity index is 643. The van der Waals surface area contributed by atoms with Crippen LogP contribution in [0.3, 0.4) is 0 Å². The Labute approximate surface area is 141 Å². The third-order valence-corrected chi connectivity index (χ3v) is 3.41. The zero-order chi connectivity index (χ0) is 16.7. The standard InChI is InChI=1S/C18H20ClNO3/c1-3-22-16-9-7-14(8-10-16)12-20-18(21)13(2)23-17-6-4-5-15(19)11-17/h4-11,13H,3,12H2,1-2H3,(H,20,21). The Morgan fingerprint density at radius 1 is 1.17 bits per heavy atom. The minimum atomic E-state index is -0.601. The summed E-state index contributed by atoms with van der Waals surface area (Å²) in [6.45, 7) is 4.72. The quantitative estimate of drug-likeness (QED) is 0.837. The van der Waals surface area contributed by atoms with Crippen molar-refractivity contribution in [1.82, 2.24) is 5.32 Å². The molecular weight excluding hydrogens is 314 g/mol. The Morgan fingerprint density at radius 2 is 1.91 bits per heavy atom. The number of nitrogens with one attached hydrogen (secondary N) is 1. The van der Waals surface area contributed by atoms with E-state index >= 15 is 0 Å². The highest BCUT2D eigenvalue weighted by molar-refractivity contribution is 6.30. The summed E-state index contributed by atoms with van der Waals surface area (Å²) >= 11 is 5.89. The molecule has 0 saturated heterocycles. The molecule has 0 radical (unpaired) electrons. The summed E-state index contributed by atoms with van der Waals surface area (Å²) in [6.07, 6.45) is -0.601. The van der Waals surface area contributed by atoms with Crippen LogP contribution in [0, 0.1) is 0 Å². The van der Waals surface area contributed by atoms with E-state index in [0.29, 0.717) is 23.9 Å². The van der Waals surface area contributed by atoms with Gasteiger partial charge in [0.25, 0.3) is 5.91 Å². The van der Waals surface area contributed by atoms with Crippen LogP contribution < -0.4 is 14.8 Å². The molecule has 0 heterocycles. The molecule has 0 aliphatic carbocycles. The minimum absolute atomic E-state index is 0.182. The van der Waals surface area contributed by atoms with Gasteiger partial charge >= 0.3 is 0 Å². The van der Waals surface area contributed by atoms with E-state index in [1.807, 2.05) is 31.2 Å². The number of carbonyl (C=O) groups is 1. The molecule has 0 bridgehead atoms. The number of carbonyl (C=O) groups excluding carboxylic acids is 1. The van der Waals surface area contributed by atoms with Gasteiger partial charge in [-0.25, -0.2) is 0 Å². The number of ether oxygens (including phenoxy) is 2. The molecule has 0 fully saturated rings. The maximum Gasteiger partial charge on any atom is 0.261 e. The first kappa shape index (κ1) is 17.2. The largest absolute Gasteiger partial charge is 0.494 e. The van der Waals surface area contributed by atoms with Gasteiger partial charge in [0.1, 0.15) is 11.5 Å². The second-order valence-corrected chi connectivity index (χ2v) is 5.45. The predicted molar refractivity (Wildman–Crippen MR) is 91.0 cm³/mol. The lowest BCUT2D eigenvalue weighted by atomic mass is 10.2. The van der Waals surface area contributed by atoms with Crippen LogP contribution in [0.2, 0.25) is 5.02 Å². The predicted octanol–water partition coefficient (Wildman–Crippen LogP) is 3.82. The van der Waals surface area contributed by atoms with Gasteiger partial charge in [-0.1, -0.05) is 29.8 Å². The van der Waals surface area contributed by atoms with Gasteiger partial charge in [-0.05, 0) is 49.7 Å². The molecule has 23 heavy (non-hydrogen) atoms. The van der Waals surface area contributed by atoms with Crippen molar-refractivity contribution >= 4 is 17.5 Å². The highest BCUT2D eigenvalue weighted by atomic mass is 35.5. The van der Waals surface area contributed by atoms with Gasteiger partial charge in [0, 0.05) is 11.6 Å². The molecule has 1 unspecified atom stereocenters. The smallest absolute Gasteiger partial charge is 0.261 e. The summed E-state index contributed by atoms with van der Waals surface area (Å²) in [7, 11) is 0. The van der Waals surface area contributed by atoms with E-state index in [2.05, 4.69) is 5.32 Å². The summed E-state index contributed by atoms with van der Waals surface area (Å²) in [4.78, 5) is 12.1. The summed E-state index contributed by atoms with van der Waals surface area (Å²) in [6, 6.07) is 14.6. The van der Waals surface area contributed by atoms with Crippen molar-refractivity contribution in [1.29, 1.82) is 0 Å². The molecule has 1 amide bonds. The Balaban J connectivity index is 1.83. The number of hydrogen-bond donors (Lipinski definition) is 1. The maximum absolute atomic E-state index is 12.1. The van der Waals surface area contributed by atoms with E-state index in [0.717, 1.165) is 11.3 Å². The third-order valence-electron chi connectivity index (χ3n) is 3.18. The number of hydrogen-bond acceptors (Lipinski definition) is 3. The maximum atomic E-state index is 12.1. The molecule has 0 aliphatic heterocycles. The van der Waals surface area contributed by atoms with Crippen LogP contribution >= 0.6 is 11.6 Å². The number of amides is 1. The Morgan fingerprint density at radius 3 is 2.57 bits per heavy atom. The van der Waals surface area contributed by atoms with Gasteiger partial charge in [0.2, 0.25) is 0 Å². The van der Waals surface area contributed by atoms with E-state index in [4.69, 9.17) is 21.1 Å². The van der Waals surface area contributed by atoms with E-state index in [1.165, 1.54) is 0 Å². The first-order valence-corrected chi connectivity index (χ1v) is 7.88. The number of benzene rings is 2. The van der Waals surface area contributed by atoms with Crippen molar-refractivity contribution < 1.29 is 14.3 Å². The molecule has 0 aliphatic rings. The van der Waals surface area contributed by atoms with Gasteiger partial charge in [-0.3, -0.25) is 4.79 Å².